The van der Waals surface area contributed by atoms with Crippen LogP contribution < -0.4 is 5.32 Å². The van der Waals surface area contributed by atoms with Gasteiger partial charge in [-0.15, -0.1) is 11.3 Å². The van der Waals surface area contributed by atoms with Crippen LogP contribution in [-0.2, 0) is 10.2 Å². The van der Waals surface area contributed by atoms with Crippen LogP contribution in [-0.4, -0.2) is 18.2 Å². The van der Waals surface area contributed by atoms with Gasteiger partial charge < -0.3 is 10.1 Å². The molecule has 0 saturated carbocycles. The number of hydrogen-bond donors (Lipinski definition) is 1. The topological polar surface area (TPSA) is 38.3 Å². The third kappa shape index (κ3) is 4.77. The monoisotopic (exact) mass is 255 g/mol. The van der Waals surface area contributed by atoms with Crippen molar-refractivity contribution in [3.05, 3.63) is 22.4 Å². The third-order valence-corrected chi connectivity index (χ3v) is 3.50. The first-order chi connectivity index (χ1) is 7.71. The van der Waals surface area contributed by atoms with Crippen molar-refractivity contribution in [3.8, 4) is 0 Å². The molecule has 1 aromatic rings. The molecular formula is C13H21NO2S. The van der Waals surface area contributed by atoms with Crippen molar-refractivity contribution >= 4 is 17.4 Å². The summed E-state index contributed by atoms with van der Waals surface area (Å²) in [6, 6.07) is 4.11. The molecule has 0 bridgehead atoms. The fourth-order valence-electron chi connectivity index (χ4n) is 1.36. The van der Waals surface area contributed by atoms with Crippen LogP contribution in [0.2, 0.25) is 0 Å². The Bertz CT molecular complexity index is 363. The minimum atomic E-state index is -0.447. The Hall–Kier alpha value is -1.03. The first-order valence-electron chi connectivity index (χ1n) is 5.71. The van der Waals surface area contributed by atoms with Crippen LogP contribution in [0.1, 0.15) is 39.5 Å². The highest BCUT2D eigenvalue weighted by atomic mass is 32.1. The molecule has 17 heavy (non-hydrogen) atoms. The van der Waals surface area contributed by atoms with Crippen molar-refractivity contribution in [1.82, 2.24) is 5.32 Å². The summed E-state index contributed by atoms with van der Waals surface area (Å²) < 4.78 is 5.20. The van der Waals surface area contributed by atoms with Crippen LogP contribution in [0.4, 0.5) is 4.79 Å². The molecule has 0 saturated heterocycles. The first-order valence-corrected chi connectivity index (χ1v) is 6.59. The molecule has 0 unspecified atom stereocenters. The maximum Gasteiger partial charge on any atom is 0.407 e. The van der Waals surface area contributed by atoms with E-state index in [0.717, 1.165) is 0 Å². The van der Waals surface area contributed by atoms with Crippen molar-refractivity contribution in [3.63, 3.8) is 0 Å². The highest BCUT2D eigenvalue weighted by Crippen LogP contribution is 2.26. The van der Waals surface area contributed by atoms with E-state index in [1.54, 1.807) is 11.3 Å². The van der Waals surface area contributed by atoms with Gasteiger partial charge in [-0.1, -0.05) is 19.9 Å². The molecule has 4 heteroatoms. The maximum absolute atomic E-state index is 11.5. The van der Waals surface area contributed by atoms with Crippen LogP contribution in [0.25, 0.3) is 0 Å². The average molecular weight is 255 g/mol. The molecule has 0 atom stereocenters. The van der Waals surface area contributed by atoms with E-state index in [9.17, 15) is 4.79 Å². The van der Waals surface area contributed by atoms with Crippen LogP contribution in [0, 0.1) is 0 Å². The lowest BCUT2D eigenvalue weighted by atomic mass is 9.91. The van der Waals surface area contributed by atoms with Gasteiger partial charge in [-0.05, 0) is 32.2 Å². The Labute approximate surface area is 107 Å². The van der Waals surface area contributed by atoms with E-state index in [2.05, 4.69) is 25.2 Å². The van der Waals surface area contributed by atoms with Crippen molar-refractivity contribution < 1.29 is 9.53 Å². The van der Waals surface area contributed by atoms with E-state index in [1.165, 1.54) is 4.88 Å². The average Bonchev–Trinajstić information content (AvgIpc) is 2.65. The van der Waals surface area contributed by atoms with Crippen molar-refractivity contribution in [1.29, 1.82) is 0 Å². The lowest BCUT2D eigenvalue weighted by molar-refractivity contribution is 0.0517. The van der Waals surface area contributed by atoms with Crippen molar-refractivity contribution in [2.75, 3.05) is 6.54 Å². The molecule has 0 fully saturated rings. The summed E-state index contributed by atoms with van der Waals surface area (Å²) in [6.07, 6.45) is -0.359. The van der Waals surface area contributed by atoms with Gasteiger partial charge in [0.15, 0.2) is 0 Å². The number of thiophene rings is 1. The lowest BCUT2D eigenvalue weighted by Gasteiger charge is -2.25. The number of amides is 1. The second-order valence-electron chi connectivity index (χ2n) is 5.72. The summed E-state index contributed by atoms with van der Waals surface area (Å²) in [7, 11) is 0. The molecule has 1 aromatic heterocycles. The summed E-state index contributed by atoms with van der Waals surface area (Å²) in [5.74, 6) is 0. The smallest absolute Gasteiger partial charge is 0.407 e. The lowest BCUT2D eigenvalue weighted by Crippen LogP contribution is -2.39. The molecule has 1 rings (SSSR count). The van der Waals surface area contributed by atoms with Gasteiger partial charge in [0.2, 0.25) is 0 Å². The normalized spacial score (nSPS) is 12.3. The molecule has 0 aliphatic rings. The summed E-state index contributed by atoms with van der Waals surface area (Å²) in [4.78, 5) is 12.8. The zero-order chi connectivity index (χ0) is 13.1. The highest BCUT2D eigenvalue weighted by molar-refractivity contribution is 7.10. The van der Waals surface area contributed by atoms with Crippen LogP contribution in [0.5, 0.6) is 0 Å². The molecule has 0 aromatic carbocycles. The van der Waals surface area contributed by atoms with Gasteiger partial charge in [0.1, 0.15) is 5.60 Å². The largest absolute Gasteiger partial charge is 0.444 e. The third-order valence-electron chi connectivity index (χ3n) is 2.26. The maximum atomic E-state index is 11.5. The molecule has 96 valence electrons. The molecule has 0 spiro atoms. The number of rotatable bonds is 3. The van der Waals surface area contributed by atoms with E-state index in [0.29, 0.717) is 6.54 Å². The van der Waals surface area contributed by atoms with Gasteiger partial charge in [-0.25, -0.2) is 4.79 Å². The molecular weight excluding hydrogens is 234 g/mol. The Kier molecular flexibility index (Phi) is 4.20. The second-order valence-corrected chi connectivity index (χ2v) is 6.66. The minimum Gasteiger partial charge on any atom is -0.444 e. The molecule has 1 N–H and O–H groups in total. The highest BCUT2D eigenvalue weighted by Gasteiger charge is 2.24. The van der Waals surface area contributed by atoms with Gasteiger partial charge in [0, 0.05) is 16.8 Å². The Morgan fingerprint density at radius 2 is 2.00 bits per heavy atom. The minimum absolute atomic E-state index is 0.0644. The molecule has 0 radical (unpaired) electrons. The zero-order valence-electron chi connectivity index (χ0n) is 11.2. The van der Waals surface area contributed by atoms with E-state index in [1.807, 2.05) is 32.2 Å². The standard InChI is InChI=1S/C13H21NO2S/c1-12(2,3)16-11(15)14-9-13(4,5)10-7-6-8-17-10/h6-8H,9H2,1-5H3,(H,14,15). The first kappa shape index (κ1) is 14.0. The second kappa shape index (κ2) is 5.08. The quantitative estimate of drug-likeness (QED) is 0.897. The number of carbonyl (C=O) groups excluding carboxylic acids is 1. The Balaban J connectivity index is 2.48. The Morgan fingerprint density at radius 1 is 1.35 bits per heavy atom. The van der Waals surface area contributed by atoms with Crippen LogP contribution >= 0.6 is 11.3 Å². The Morgan fingerprint density at radius 3 is 2.47 bits per heavy atom. The van der Waals surface area contributed by atoms with E-state index in [-0.39, 0.29) is 11.5 Å². The summed E-state index contributed by atoms with van der Waals surface area (Å²) >= 11 is 1.70. The zero-order valence-corrected chi connectivity index (χ0v) is 12.0. The van der Waals surface area contributed by atoms with Crippen molar-refractivity contribution in [2.24, 2.45) is 0 Å². The van der Waals surface area contributed by atoms with Gasteiger partial charge in [0.25, 0.3) is 0 Å². The van der Waals surface area contributed by atoms with Gasteiger partial charge in [-0.2, -0.15) is 0 Å². The predicted octanol–water partition coefficient (Wildman–Crippen LogP) is 3.55. The summed E-state index contributed by atoms with van der Waals surface area (Å²) in [6.45, 7) is 10.4. The van der Waals surface area contributed by atoms with E-state index >= 15 is 0 Å². The van der Waals surface area contributed by atoms with Crippen LogP contribution in [0.15, 0.2) is 17.5 Å². The van der Waals surface area contributed by atoms with Gasteiger partial charge in [-0.3, -0.25) is 0 Å². The summed E-state index contributed by atoms with van der Waals surface area (Å²) in [5, 5.41) is 4.86. The molecule has 1 amide bonds. The van der Waals surface area contributed by atoms with Gasteiger partial charge in [0.05, 0.1) is 0 Å². The number of nitrogens with one attached hydrogen (secondary N) is 1. The molecule has 3 nitrogen and oxygen atoms in total. The number of alkyl carbamates (subject to hydrolysis) is 1. The summed E-state index contributed by atoms with van der Waals surface area (Å²) in [5.41, 5.74) is -0.512. The predicted molar refractivity (Wildman–Crippen MR) is 71.6 cm³/mol. The van der Waals surface area contributed by atoms with Crippen molar-refractivity contribution in [2.45, 2.75) is 45.6 Å². The molecule has 0 aliphatic carbocycles. The SMILES string of the molecule is CC(C)(C)OC(=O)NCC(C)(C)c1cccs1. The molecule has 1 heterocycles. The van der Waals surface area contributed by atoms with Gasteiger partial charge >= 0.3 is 6.09 Å². The van der Waals surface area contributed by atoms with E-state index < -0.39 is 5.60 Å². The fraction of sp³-hybridized carbons (Fsp3) is 0.615. The number of ether oxygens (including phenoxy) is 1. The van der Waals surface area contributed by atoms with Crippen LogP contribution in [0.3, 0.4) is 0 Å². The number of carbonyl (C=O) groups is 1. The number of hydrogen-bond acceptors (Lipinski definition) is 3. The van der Waals surface area contributed by atoms with E-state index in [4.69, 9.17) is 4.74 Å². The fourth-order valence-corrected chi connectivity index (χ4v) is 2.21. The molecule has 0 aliphatic heterocycles.